The van der Waals surface area contributed by atoms with Crippen molar-refractivity contribution >= 4 is 14.7 Å². The molecule has 0 unspecified atom stereocenters. The zero-order valence-electron chi connectivity index (χ0n) is 7.81. The molecule has 0 bridgehead atoms. The van der Waals surface area contributed by atoms with Crippen LogP contribution in [0, 0.1) is 0 Å². The Kier molecular flexibility index (Phi) is 5.18. The molecule has 0 aliphatic heterocycles. The number of alkyl halides is 2. The summed E-state index contributed by atoms with van der Waals surface area (Å²) in [5.41, 5.74) is -4.32. The van der Waals surface area contributed by atoms with Gasteiger partial charge in [0.25, 0.3) is 0 Å². The van der Waals surface area contributed by atoms with Crippen molar-refractivity contribution in [3.8, 4) is 0 Å². The van der Waals surface area contributed by atoms with Crippen molar-refractivity contribution in [2.24, 2.45) is 0 Å². The highest BCUT2D eigenvalue weighted by molar-refractivity contribution is 7.57. The summed E-state index contributed by atoms with van der Waals surface area (Å²) in [4.78, 5) is 0. The molecule has 0 atom stereocenters. The van der Waals surface area contributed by atoms with Gasteiger partial charge in [0.15, 0.2) is 0 Å². The second-order valence-corrected chi connectivity index (χ2v) is 4.40. The van der Waals surface area contributed by atoms with Gasteiger partial charge in [0.1, 0.15) is 0 Å². The largest absolute Gasteiger partial charge is 0.544 e. The maximum Gasteiger partial charge on any atom is 0.544 e. The fourth-order valence-corrected chi connectivity index (χ4v) is 2.07. The Morgan fingerprint density at radius 3 is 1.86 bits per heavy atom. The zero-order chi connectivity index (χ0) is 11.4. The Bertz CT molecular complexity index is 214. The summed E-state index contributed by atoms with van der Waals surface area (Å²) in [7, 11) is -7.89. The molecule has 0 aromatic carbocycles. The van der Waals surface area contributed by atoms with Gasteiger partial charge in [0, 0.05) is 0 Å². The monoisotopic (exact) mass is 232 g/mol. The SMILES string of the molecule is CCOP(=O)(OCC)C(F)(F)B(O)O. The van der Waals surface area contributed by atoms with Gasteiger partial charge in [-0.1, -0.05) is 0 Å². The van der Waals surface area contributed by atoms with Crippen molar-refractivity contribution in [3.63, 3.8) is 0 Å². The summed E-state index contributed by atoms with van der Waals surface area (Å²) in [6.07, 6.45) is 0. The van der Waals surface area contributed by atoms with E-state index in [-0.39, 0.29) is 13.2 Å². The molecule has 0 aromatic heterocycles. The van der Waals surface area contributed by atoms with Crippen LogP contribution in [0.3, 0.4) is 0 Å². The van der Waals surface area contributed by atoms with E-state index >= 15 is 0 Å². The third kappa shape index (κ3) is 2.74. The Morgan fingerprint density at radius 2 is 1.64 bits per heavy atom. The third-order valence-corrected chi connectivity index (χ3v) is 3.43. The molecule has 0 aliphatic rings. The van der Waals surface area contributed by atoms with E-state index in [4.69, 9.17) is 10.0 Å². The zero-order valence-corrected chi connectivity index (χ0v) is 8.71. The number of hydrogen-bond donors (Lipinski definition) is 2. The van der Waals surface area contributed by atoms with Gasteiger partial charge >= 0.3 is 20.3 Å². The first-order valence-corrected chi connectivity index (χ1v) is 5.49. The van der Waals surface area contributed by atoms with Crippen molar-refractivity contribution in [2.45, 2.75) is 19.4 Å². The summed E-state index contributed by atoms with van der Waals surface area (Å²) in [6, 6.07) is 0. The summed E-state index contributed by atoms with van der Waals surface area (Å²) < 4.78 is 45.8. The van der Waals surface area contributed by atoms with E-state index in [1.54, 1.807) is 0 Å². The smallest absolute Gasteiger partial charge is 0.423 e. The van der Waals surface area contributed by atoms with Gasteiger partial charge in [-0.05, 0) is 13.8 Å². The summed E-state index contributed by atoms with van der Waals surface area (Å²) in [6.45, 7) is 2.12. The van der Waals surface area contributed by atoms with Crippen LogP contribution in [0.25, 0.3) is 0 Å². The van der Waals surface area contributed by atoms with Gasteiger partial charge in [-0.25, -0.2) is 0 Å². The Labute approximate surface area is 80.7 Å². The van der Waals surface area contributed by atoms with Gasteiger partial charge in [-0.15, -0.1) is 0 Å². The highest BCUT2D eigenvalue weighted by atomic mass is 31.2. The molecular formula is C5H12BF2O5P. The third-order valence-electron chi connectivity index (χ3n) is 1.27. The molecule has 84 valence electrons. The molecule has 0 rings (SSSR count). The van der Waals surface area contributed by atoms with E-state index < -0.39 is 20.3 Å². The summed E-state index contributed by atoms with van der Waals surface area (Å²) in [5.74, 6) is 0. The first-order valence-electron chi connectivity index (χ1n) is 3.95. The minimum Gasteiger partial charge on any atom is -0.423 e. The van der Waals surface area contributed by atoms with E-state index in [0.717, 1.165) is 0 Å². The van der Waals surface area contributed by atoms with Gasteiger partial charge in [-0.2, -0.15) is 8.78 Å². The molecule has 5 nitrogen and oxygen atoms in total. The first-order chi connectivity index (χ1) is 6.31. The lowest BCUT2D eigenvalue weighted by atomic mass is 9.93. The average Bonchev–Trinajstić information content (AvgIpc) is 2.04. The first kappa shape index (κ1) is 14.0. The Balaban J connectivity index is 4.89. The molecular weight excluding hydrogens is 220 g/mol. The quantitative estimate of drug-likeness (QED) is 0.524. The number of halogens is 2. The average molecular weight is 232 g/mol. The van der Waals surface area contributed by atoms with Crippen molar-refractivity contribution in [1.29, 1.82) is 0 Å². The van der Waals surface area contributed by atoms with E-state index in [9.17, 15) is 13.3 Å². The highest BCUT2D eigenvalue weighted by Gasteiger charge is 2.62. The molecule has 0 saturated carbocycles. The van der Waals surface area contributed by atoms with Crippen LogP contribution in [-0.2, 0) is 13.6 Å². The van der Waals surface area contributed by atoms with E-state index in [1.807, 2.05) is 0 Å². The van der Waals surface area contributed by atoms with Crippen molar-refractivity contribution < 1.29 is 32.4 Å². The van der Waals surface area contributed by atoms with Gasteiger partial charge in [0.2, 0.25) is 0 Å². The fourth-order valence-electron chi connectivity index (χ4n) is 0.691. The normalized spacial score (nSPS) is 13.0. The van der Waals surface area contributed by atoms with Crippen LogP contribution in [0.5, 0.6) is 0 Å². The van der Waals surface area contributed by atoms with Gasteiger partial charge < -0.3 is 19.1 Å². The van der Waals surface area contributed by atoms with Crippen LogP contribution in [0.4, 0.5) is 8.78 Å². The molecule has 9 heteroatoms. The maximum atomic E-state index is 13.0. The number of hydrogen-bond acceptors (Lipinski definition) is 5. The fraction of sp³-hybridized carbons (Fsp3) is 1.00. The lowest BCUT2D eigenvalue weighted by Crippen LogP contribution is -2.39. The van der Waals surface area contributed by atoms with Crippen molar-refractivity contribution in [2.75, 3.05) is 13.2 Å². The van der Waals surface area contributed by atoms with Gasteiger partial charge in [0.05, 0.1) is 13.2 Å². The van der Waals surface area contributed by atoms with Crippen LogP contribution < -0.4 is 0 Å². The molecule has 0 radical (unpaired) electrons. The van der Waals surface area contributed by atoms with E-state index in [0.29, 0.717) is 0 Å². The predicted octanol–water partition coefficient (Wildman–Crippen LogP) is 0.857. The molecule has 0 spiro atoms. The molecule has 0 heterocycles. The molecule has 2 N–H and O–H groups in total. The minimum atomic E-state index is -4.81. The second-order valence-electron chi connectivity index (χ2n) is 2.29. The topological polar surface area (TPSA) is 76.0 Å². The highest BCUT2D eigenvalue weighted by Crippen LogP contribution is 2.62. The Hall–Kier alpha value is -0.00506. The minimum absolute atomic E-state index is 0.278. The van der Waals surface area contributed by atoms with Crippen LogP contribution in [-0.4, -0.2) is 35.9 Å². The predicted molar refractivity (Wildman–Crippen MR) is 46.0 cm³/mol. The van der Waals surface area contributed by atoms with Crippen LogP contribution in [0.15, 0.2) is 0 Å². The maximum absolute atomic E-state index is 13.0. The molecule has 14 heavy (non-hydrogen) atoms. The van der Waals surface area contributed by atoms with Crippen LogP contribution in [0.1, 0.15) is 13.8 Å². The van der Waals surface area contributed by atoms with Crippen LogP contribution >= 0.6 is 7.60 Å². The molecule has 0 aliphatic carbocycles. The number of rotatable bonds is 6. The summed E-state index contributed by atoms with van der Waals surface area (Å²) >= 11 is 0. The lowest BCUT2D eigenvalue weighted by Gasteiger charge is -2.24. The summed E-state index contributed by atoms with van der Waals surface area (Å²) in [5, 5.41) is 16.7. The molecule has 0 aromatic rings. The lowest BCUT2D eigenvalue weighted by molar-refractivity contribution is 0.0736. The molecule has 0 saturated heterocycles. The van der Waals surface area contributed by atoms with E-state index in [1.165, 1.54) is 13.8 Å². The molecule has 0 fully saturated rings. The van der Waals surface area contributed by atoms with Gasteiger partial charge in [-0.3, -0.25) is 4.57 Å². The van der Waals surface area contributed by atoms with E-state index in [2.05, 4.69) is 9.05 Å². The second kappa shape index (κ2) is 5.18. The molecule has 0 amide bonds. The Morgan fingerprint density at radius 1 is 1.29 bits per heavy atom. The van der Waals surface area contributed by atoms with Crippen LogP contribution in [0.2, 0.25) is 0 Å². The standard InChI is InChI=1S/C5H12BF2O5P/c1-3-12-14(11,13-4-2)5(7,8)6(9)10/h9-10H,3-4H2,1-2H3. The van der Waals surface area contributed by atoms with Crippen molar-refractivity contribution in [3.05, 3.63) is 0 Å². The van der Waals surface area contributed by atoms with Crippen molar-refractivity contribution in [1.82, 2.24) is 0 Å².